The van der Waals surface area contributed by atoms with Gasteiger partial charge in [-0.05, 0) is 79.8 Å². The van der Waals surface area contributed by atoms with Crippen LogP contribution in [-0.4, -0.2) is 73.8 Å². The van der Waals surface area contributed by atoms with Gasteiger partial charge in [-0.15, -0.1) is 0 Å². The molecule has 1 N–H and O–H groups in total. The van der Waals surface area contributed by atoms with E-state index in [-0.39, 0.29) is 36.1 Å². The molecule has 3 aromatic rings. The van der Waals surface area contributed by atoms with E-state index in [9.17, 15) is 5.21 Å². The molecule has 0 saturated carbocycles. The van der Waals surface area contributed by atoms with Gasteiger partial charge in [0.15, 0.2) is 11.5 Å². The van der Waals surface area contributed by atoms with Crippen molar-refractivity contribution in [3.63, 3.8) is 0 Å². The lowest BCUT2D eigenvalue weighted by Crippen LogP contribution is -2.52. The average molecular weight is 689 g/mol. The molecular formula is C42H60N2O6. The highest BCUT2D eigenvalue weighted by molar-refractivity contribution is 5.43. The maximum absolute atomic E-state index is 12.0. The zero-order valence-corrected chi connectivity index (χ0v) is 31.5. The van der Waals surface area contributed by atoms with Crippen molar-refractivity contribution in [3.05, 3.63) is 95.6 Å². The van der Waals surface area contributed by atoms with E-state index in [1.807, 2.05) is 30.3 Å². The average Bonchev–Trinajstić information content (AvgIpc) is 3.62. The topological polar surface area (TPSA) is 72.9 Å². The molecule has 7 atom stereocenters. The second kappa shape index (κ2) is 17.5. The van der Waals surface area contributed by atoms with E-state index >= 15 is 0 Å². The summed E-state index contributed by atoms with van der Waals surface area (Å²) in [7, 11) is 5.51. The normalized spacial score (nSPS) is 25.2. The summed E-state index contributed by atoms with van der Waals surface area (Å²) in [5.41, 5.74) is 3.40. The Morgan fingerprint density at radius 3 is 2.24 bits per heavy atom. The lowest BCUT2D eigenvalue weighted by molar-refractivity contribution is -0.306. The summed E-state index contributed by atoms with van der Waals surface area (Å²) in [5.74, 6) is 1.64. The first-order valence-corrected chi connectivity index (χ1v) is 18.5. The third-order valence-corrected chi connectivity index (χ3v) is 11.0. The molecule has 2 aliphatic heterocycles. The Kier molecular flexibility index (Phi) is 13.4. The van der Waals surface area contributed by atoms with Crippen molar-refractivity contribution in [1.82, 2.24) is 9.96 Å². The molecule has 274 valence electrons. The molecule has 1 spiro atoms. The Bertz CT molecular complexity index is 1460. The molecule has 5 rings (SSSR count). The third kappa shape index (κ3) is 8.72. The van der Waals surface area contributed by atoms with Crippen LogP contribution in [0.3, 0.4) is 0 Å². The largest absolute Gasteiger partial charge is 0.493 e. The molecule has 8 nitrogen and oxygen atoms in total. The number of ether oxygens (including phenoxy) is 5. The Morgan fingerprint density at radius 1 is 0.900 bits per heavy atom. The first-order valence-electron chi connectivity index (χ1n) is 18.5. The molecular weight excluding hydrogens is 628 g/mol. The maximum Gasteiger partial charge on any atom is 0.234 e. The van der Waals surface area contributed by atoms with Crippen LogP contribution in [0.1, 0.15) is 76.7 Å². The smallest absolute Gasteiger partial charge is 0.234 e. The number of hydroxylamine groups is 2. The van der Waals surface area contributed by atoms with Gasteiger partial charge >= 0.3 is 0 Å². The summed E-state index contributed by atoms with van der Waals surface area (Å²) in [5, 5.41) is 13.6. The van der Waals surface area contributed by atoms with Crippen LogP contribution in [0.4, 0.5) is 0 Å². The molecule has 0 unspecified atom stereocenters. The summed E-state index contributed by atoms with van der Waals surface area (Å²) in [6, 6.07) is 26.8. The molecule has 0 amide bonds. The van der Waals surface area contributed by atoms with Crippen LogP contribution in [0.2, 0.25) is 0 Å². The van der Waals surface area contributed by atoms with Gasteiger partial charge in [0, 0.05) is 38.6 Å². The number of nitrogens with zero attached hydrogens (tertiary/aromatic N) is 2. The molecule has 50 heavy (non-hydrogen) atoms. The monoisotopic (exact) mass is 688 g/mol. The van der Waals surface area contributed by atoms with Crippen molar-refractivity contribution in [2.75, 3.05) is 34.5 Å². The van der Waals surface area contributed by atoms with Gasteiger partial charge in [-0.1, -0.05) is 94.4 Å². The molecule has 2 aliphatic rings. The Labute approximate surface area is 300 Å². The Hall–Kier alpha value is -2.98. The van der Waals surface area contributed by atoms with Crippen molar-refractivity contribution in [3.8, 4) is 11.5 Å². The molecule has 0 aromatic heterocycles. The lowest BCUT2D eigenvalue weighted by Gasteiger charge is -2.39. The van der Waals surface area contributed by atoms with Crippen LogP contribution < -0.4 is 9.47 Å². The van der Waals surface area contributed by atoms with Crippen molar-refractivity contribution < 1.29 is 28.9 Å². The second-order valence-electron chi connectivity index (χ2n) is 14.9. The number of likely N-dealkylation sites (N-methyl/N-ethyl adjacent to an activating group) is 1. The van der Waals surface area contributed by atoms with Gasteiger partial charge in [-0.25, -0.2) is 4.90 Å². The SMILES string of the molecule is COCCCOc1cc(C[C@@H](C[C@@H]([C@@H]2C[C@@H](C(C)C)[C@@]3(O2)O[C@@H](c2ccccc2)[C@H](C)N3C)N(O)Cc2ccccc2)C(C)C)ccc1OC. The quantitative estimate of drug-likeness (QED) is 0.112. The predicted molar refractivity (Wildman–Crippen MR) is 197 cm³/mol. The molecule has 0 radical (unpaired) electrons. The summed E-state index contributed by atoms with van der Waals surface area (Å²) in [4.78, 5) is 2.30. The maximum atomic E-state index is 12.0. The van der Waals surface area contributed by atoms with E-state index in [0.717, 1.165) is 48.3 Å². The highest BCUT2D eigenvalue weighted by Gasteiger charge is 2.62. The number of rotatable bonds is 17. The minimum atomic E-state index is -0.886. The predicted octanol–water partition coefficient (Wildman–Crippen LogP) is 8.38. The van der Waals surface area contributed by atoms with Crippen LogP contribution in [0.15, 0.2) is 78.9 Å². The van der Waals surface area contributed by atoms with E-state index in [1.165, 1.54) is 10.6 Å². The minimum absolute atomic E-state index is 0.112. The zero-order chi connectivity index (χ0) is 35.8. The minimum Gasteiger partial charge on any atom is -0.493 e. The third-order valence-electron chi connectivity index (χ3n) is 11.0. The fourth-order valence-electron chi connectivity index (χ4n) is 7.88. The molecule has 2 heterocycles. The Morgan fingerprint density at radius 2 is 1.60 bits per heavy atom. The van der Waals surface area contributed by atoms with Crippen molar-refractivity contribution in [2.45, 2.75) is 97.0 Å². The fourth-order valence-corrected chi connectivity index (χ4v) is 7.88. The van der Waals surface area contributed by atoms with Gasteiger partial charge in [0.05, 0.1) is 25.9 Å². The summed E-state index contributed by atoms with van der Waals surface area (Å²) in [6.45, 7) is 12.9. The zero-order valence-electron chi connectivity index (χ0n) is 31.5. The van der Waals surface area contributed by atoms with Crippen LogP contribution in [0.5, 0.6) is 11.5 Å². The summed E-state index contributed by atoms with van der Waals surface area (Å²) < 4.78 is 31.3. The van der Waals surface area contributed by atoms with Gasteiger partial charge < -0.3 is 28.9 Å². The van der Waals surface area contributed by atoms with Crippen LogP contribution in [-0.2, 0) is 27.2 Å². The second-order valence-corrected chi connectivity index (χ2v) is 14.9. The molecule has 8 heteroatoms. The van der Waals surface area contributed by atoms with Crippen molar-refractivity contribution in [1.29, 1.82) is 0 Å². The van der Waals surface area contributed by atoms with E-state index < -0.39 is 5.91 Å². The van der Waals surface area contributed by atoms with Gasteiger partial charge in [0.25, 0.3) is 0 Å². The molecule has 2 saturated heterocycles. The van der Waals surface area contributed by atoms with Gasteiger partial charge in [0.2, 0.25) is 5.91 Å². The van der Waals surface area contributed by atoms with E-state index in [1.54, 1.807) is 14.2 Å². The van der Waals surface area contributed by atoms with E-state index in [0.29, 0.717) is 31.6 Å². The molecule has 3 aromatic carbocycles. The number of benzene rings is 3. The van der Waals surface area contributed by atoms with E-state index in [2.05, 4.69) is 95.1 Å². The molecule has 0 aliphatic carbocycles. The van der Waals surface area contributed by atoms with E-state index in [4.69, 9.17) is 23.7 Å². The number of hydrogen-bond acceptors (Lipinski definition) is 8. The van der Waals surface area contributed by atoms with Crippen molar-refractivity contribution in [2.24, 2.45) is 23.7 Å². The van der Waals surface area contributed by atoms with Crippen LogP contribution >= 0.6 is 0 Å². The fraction of sp³-hybridized carbons (Fsp3) is 0.571. The first kappa shape index (κ1) is 38.3. The van der Waals surface area contributed by atoms with Crippen molar-refractivity contribution >= 4 is 0 Å². The number of hydrogen-bond donors (Lipinski definition) is 1. The number of methoxy groups -OCH3 is 2. The highest BCUT2D eigenvalue weighted by atomic mass is 16.7. The lowest BCUT2D eigenvalue weighted by atomic mass is 9.81. The standard InChI is InChI=1S/C42H60N2O6/c1-29(2)35(24-33-20-21-38(47-8)40(25-33)48-23-15-22-46-7)26-37(44(45)28-32-16-11-9-12-17-32)39-27-36(30(3)4)42(49-39)43(6)31(5)41(50-42)34-18-13-10-14-19-34/h9-14,16-21,25,29-31,35-37,39,41,45H,15,22-24,26-28H2,1-8H3/t31-,35-,36-,37-,39-,41+,42+/m0/s1. The van der Waals surface area contributed by atoms with Crippen LogP contribution in [0.25, 0.3) is 0 Å². The van der Waals surface area contributed by atoms with Gasteiger partial charge in [-0.3, -0.25) is 0 Å². The highest BCUT2D eigenvalue weighted by Crippen LogP contribution is 2.53. The van der Waals surface area contributed by atoms with Gasteiger partial charge in [0.1, 0.15) is 6.10 Å². The van der Waals surface area contributed by atoms with Crippen LogP contribution in [0, 0.1) is 23.7 Å². The molecule has 2 fully saturated rings. The summed E-state index contributed by atoms with van der Waals surface area (Å²) in [6.07, 6.45) is 2.83. The molecule has 0 bridgehead atoms. The Balaban J connectivity index is 1.43. The first-order chi connectivity index (χ1) is 24.1. The summed E-state index contributed by atoms with van der Waals surface area (Å²) >= 11 is 0. The van der Waals surface area contributed by atoms with Gasteiger partial charge in [-0.2, -0.15) is 5.06 Å².